The van der Waals surface area contributed by atoms with E-state index in [1.165, 1.54) is 6.33 Å². The monoisotopic (exact) mass is 373 g/mol. The van der Waals surface area contributed by atoms with Crippen LogP contribution in [-0.4, -0.2) is 62.1 Å². The van der Waals surface area contributed by atoms with Crippen LogP contribution in [0, 0.1) is 6.92 Å². The molecule has 1 aliphatic heterocycles. The number of piperazine rings is 1. The highest BCUT2D eigenvalue weighted by molar-refractivity contribution is 5.89. The third-order valence-corrected chi connectivity index (χ3v) is 4.47. The van der Waals surface area contributed by atoms with Crippen LogP contribution in [-0.2, 0) is 4.79 Å². The number of aryl methyl sites for hydroxylation is 1. The van der Waals surface area contributed by atoms with Crippen molar-refractivity contribution >= 4 is 42.3 Å². The average molecular weight is 374 g/mol. The van der Waals surface area contributed by atoms with Gasteiger partial charge < -0.3 is 15.5 Å². The van der Waals surface area contributed by atoms with Crippen LogP contribution in [0.1, 0.15) is 18.5 Å². The van der Waals surface area contributed by atoms with E-state index in [9.17, 15) is 4.79 Å². The van der Waals surface area contributed by atoms with Crippen molar-refractivity contribution in [1.82, 2.24) is 24.5 Å². The fourth-order valence-electron chi connectivity index (χ4n) is 2.94. The second kappa shape index (κ2) is 6.70. The van der Waals surface area contributed by atoms with Gasteiger partial charge in [0.25, 0.3) is 5.78 Å². The highest BCUT2D eigenvalue weighted by Gasteiger charge is 2.48. The quantitative estimate of drug-likeness (QED) is 0.819. The van der Waals surface area contributed by atoms with Crippen LogP contribution in [0.25, 0.3) is 5.78 Å². The Morgan fingerprint density at radius 2 is 1.88 bits per heavy atom. The summed E-state index contributed by atoms with van der Waals surface area (Å²) in [5, 5.41) is 4.24. The number of aromatic nitrogens is 4. The van der Waals surface area contributed by atoms with Crippen LogP contribution in [0.2, 0.25) is 0 Å². The fourth-order valence-corrected chi connectivity index (χ4v) is 2.94. The van der Waals surface area contributed by atoms with Gasteiger partial charge in [0, 0.05) is 37.9 Å². The van der Waals surface area contributed by atoms with Crippen LogP contribution in [0.4, 0.5) is 5.82 Å². The van der Waals surface area contributed by atoms with Crippen molar-refractivity contribution in [3.63, 3.8) is 0 Å². The van der Waals surface area contributed by atoms with Gasteiger partial charge in [0.2, 0.25) is 5.91 Å². The molecule has 10 heteroatoms. The van der Waals surface area contributed by atoms with Crippen molar-refractivity contribution in [2.24, 2.45) is 5.73 Å². The van der Waals surface area contributed by atoms with Crippen LogP contribution in [0.5, 0.6) is 0 Å². The first-order valence-corrected chi connectivity index (χ1v) is 7.57. The van der Waals surface area contributed by atoms with E-state index in [0.29, 0.717) is 18.9 Å². The third kappa shape index (κ3) is 3.13. The molecule has 0 aromatic carbocycles. The van der Waals surface area contributed by atoms with Gasteiger partial charge in [0.05, 0.1) is 5.54 Å². The highest BCUT2D eigenvalue weighted by atomic mass is 35.5. The second-order valence-electron chi connectivity index (χ2n) is 6.16. The van der Waals surface area contributed by atoms with Crippen molar-refractivity contribution in [2.45, 2.75) is 25.3 Å². The topological polar surface area (TPSA) is 92.7 Å². The van der Waals surface area contributed by atoms with Crippen molar-refractivity contribution in [3.8, 4) is 0 Å². The molecule has 0 spiro atoms. The normalized spacial score (nSPS) is 18.8. The van der Waals surface area contributed by atoms with E-state index in [1.54, 1.807) is 4.52 Å². The Bertz CT molecular complexity index is 738. The molecule has 1 amide bonds. The third-order valence-electron chi connectivity index (χ3n) is 4.47. The number of halogens is 2. The first-order valence-electron chi connectivity index (χ1n) is 7.57. The summed E-state index contributed by atoms with van der Waals surface area (Å²) in [7, 11) is 0. The van der Waals surface area contributed by atoms with Crippen molar-refractivity contribution < 1.29 is 4.79 Å². The number of rotatable bonds is 2. The summed E-state index contributed by atoms with van der Waals surface area (Å²) in [6.07, 6.45) is 3.14. The Hall–Kier alpha value is -1.64. The Kier molecular flexibility index (Phi) is 5.22. The van der Waals surface area contributed by atoms with Gasteiger partial charge in [-0.2, -0.15) is 14.6 Å². The van der Waals surface area contributed by atoms with E-state index in [4.69, 9.17) is 5.73 Å². The number of hydrogen-bond acceptors (Lipinski definition) is 6. The zero-order valence-electron chi connectivity index (χ0n) is 13.4. The van der Waals surface area contributed by atoms with Gasteiger partial charge in [0.15, 0.2) is 0 Å². The molecular formula is C14H21Cl2N7O. The van der Waals surface area contributed by atoms with Crippen molar-refractivity contribution in [3.05, 3.63) is 18.1 Å². The van der Waals surface area contributed by atoms with E-state index < -0.39 is 5.54 Å². The first kappa shape index (κ1) is 18.7. The molecule has 1 aliphatic carbocycles. The maximum Gasteiger partial charge on any atom is 0.254 e. The highest BCUT2D eigenvalue weighted by Crippen LogP contribution is 2.34. The SMILES string of the molecule is Cc1cc(N2CCN(C(=O)C3(N)CC3)CC2)n2ncnc2n1.Cl.Cl. The summed E-state index contributed by atoms with van der Waals surface area (Å²) in [5.74, 6) is 1.68. The lowest BCUT2D eigenvalue weighted by Crippen LogP contribution is -2.54. The number of nitrogens with two attached hydrogens (primary N) is 1. The lowest BCUT2D eigenvalue weighted by Gasteiger charge is -2.37. The van der Waals surface area contributed by atoms with Gasteiger partial charge in [-0.05, 0) is 19.8 Å². The zero-order chi connectivity index (χ0) is 15.3. The molecule has 0 bridgehead atoms. The molecule has 132 valence electrons. The van der Waals surface area contributed by atoms with Gasteiger partial charge in [-0.15, -0.1) is 24.8 Å². The molecule has 1 saturated carbocycles. The standard InChI is InChI=1S/C14H19N7O.2ClH/c1-10-8-11(21-13(18-10)16-9-17-21)19-4-6-20(7-5-19)12(22)14(15)2-3-14;;/h8-9H,2-7,15H2,1H3;2*1H. The molecule has 2 N–H and O–H groups in total. The van der Waals surface area contributed by atoms with E-state index in [-0.39, 0.29) is 30.7 Å². The van der Waals surface area contributed by atoms with Crippen molar-refractivity contribution in [2.75, 3.05) is 31.1 Å². The van der Waals surface area contributed by atoms with E-state index in [0.717, 1.165) is 37.4 Å². The fraction of sp³-hybridized carbons (Fsp3) is 0.571. The molecule has 2 aromatic rings. The lowest BCUT2D eigenvalue weighted by atomic mass is 10.2. The molecule has 0 radical (unpaired) electrons. The molecule has 2 aromatic heterocycles. The predicted octanol–water partition coefficient (Wildman–Crippen LogP) is 0.416. The molecule has 0 unspecified atom stereocenters. The molecular weight excluding hydrogens is 353 g/mol. The zero-order valence-corrected chi connectivity index (χ0v) is 15.0. The Morgan fingerprint density at radius 1 is 1.21 bits per heavy atom. The van der Waals surface area contributed by atoms with Gasteiger partial charge in [-0.3, -0.25) is 4.79 Å². The molecule has 8 nitrogen and oxygen atoms in total. The van der Waals surface area contributed by atoms with Crippen LogP contribution in [0.15, 0.2) is 12.4 Å². The number of fused-ring (bicyclic) bond motifs is 1. The van der Waals surface area contributed by atoms with Crippen molar-refractivity contribution in [1.29, 1.82) is 0 Å². The van der Waals surface area contributed by atoms with Crippen LogP contribution in [0.3, 0.4) is 0 Å². The summed E-state index contributed by atoms with van der Waals surface area (Å²) < 4.78 is 1.75. The maximum absolute atomic E-state index is 12.3. The van der Waals surface area contributed by atoms with Crippen LogP contribution < -0.4 is 10.6 Å². The smallest absolute Gasteiger partial charge is 0.254 e. The Labute approximate surface area is 152 Å². The average Bonchev–Trinajstić information content (AvgIpc) is 3.10. The first-order chi connectivity index (χ1) is 10.6. The summed E-state index contributed by atoms with van der Waals surface area (Å²) >= 11 is 0. The van der Waals surface area contributed by atoms with Gasteiger partial charge in [-0.25, -0.2) is 4.98 Å². The predicted molar refractivity (Wildman–Crippen MR) is 95.0 cm³/mol. The largest absolute Gasteiger partial charge is 0.353 e. The summed E-state index contributed by atoms with van der Waals surface area (Å²) in [6, 6.07) is 2.00. The number of amides is 1. The van der Waals surface area contributed by atoms with Gasteiger partial charge in [-0.1, -0.05) is 0 Å². The minimum absolute atomic E-state index is 0. The van der Waals surface area contributed by atoms with Gasteiger partial charge in [0.1, 0.15) is 12.1 Å². The summed E-state index contributed by atoms with van der Waals surface area (Å²) in [4.78, 5) is 24.9. The molecule has 2 fully saturated rings. The second-order valence-corrected chi connectivity index (χ2v) is 6.16. The lowest BCUT2D eigenvalue weighted by molar-refractivity contribution is -0.133. The Morgan fingerprint density at radius 3 is 2.50 bits per heavy atom. The number of hydrogen-bond donors (Lipinski definition) is 1. The molecule has 1 saturated heterocycles. The number of carbonyl (C=O) groups is 1. The Balaban J connectivity index is 0.00000104. The molecule has 2 aliphatic rings. The van der Waals surface area contributed by atoms with Crippen LogP contribution >= 0.6 is 24.8 Å². The van der Waals surface area contributed by atoms with E-state index in [1.807, 2.05) is 17.9 Å². The minimum atomic E-state index is -0.575. The number of carbonyl (C=O) groups excluding carboxylic acids is 1. The molecule has 24 heavy (non-hydrogen) atoms. The van der Waals surface area contributed by atoms with E-state index >= 15 is 0 Å². The summed E-state index contributed by atoms with van der Waals surface area (Å²) in [5.41, 5.74) is 6.35. The number of nitrogens with zero attached hydrogens (tertiary/aromatic N) is 6. The van der Waals surface area contributed by atoms with E-state index in [2.05, 4.69) is 20.0 Å². The minimum Gasteiger partial charge on any atom is -0.353 e. The summed E-state index contributed by atoms with van der Waals surface area (Å²) in [6.45, 7) is 4.86. The molecule has 0 atom stereocenters. The number of anilines is 1. The maximum atomic E-state index is 12.3. The molecule has 3 heterocycles. The van der Waals surface area contributed by atoms with Gasteiger partial charge >= 0.3 is 0 Å². The molecule has 4 rings (SSSR count).